The van der Waals surface area contributed by atoms with E-state index >= 15 is 0 Å². The van der Waals surface area contributed by atoms with Gasteiger partial charge in [0.1, 0.15) is 11.5 Å². The summed E-state index contributed by atoms with van der Waals surface area (Å²) in [4.78, 5) is 2.40. The molecule has 1 fully saturated rings. The zero-order valence-corrected chi connectivity index (χ0v) is 18.7. The zero-order chi connectivity index (χ0) is 22.3. The van der Waals surface area contributed by atoms with Crippen LogP contribution in [0, 0.1) is 0 Å². The lowest BCUT2D eigenvalue weighted by molar-refractivity contribution is -0.202. The Morgan fingerprint density at radius 2 is 1.78 bits per heavy atom. The van der Waals surface area contributed by atoms with Crippen LogP contribution in [0.2, 0.25) is 0 Å². The van der Waals surface area contributed by atoms with Crippen molar-refractivity contribution in [3.8, 4) is 23.0 Å². The number of rotatable bonds is 2. The standard InChI is InChI=1S/C26H27NO5/c1-23-25-11-12-27(2)18(13-14-5-8-17(30-3)22(32-23)19(14)25)24(25)9-10-26(23,31-4)21-16(29)7-6-15(28)20(21)24/h5-10,18,28-29H,11-13H2,1-4H3/t18?,23-,24?,25?,26-/m1/s1. The summed E-state index contributed by atoms with van der Waals surface area (Å²) in [6, 6.07) is 7.44. The van der Waals surface area contributed by atoms with Crippen molar-refractivity contribution < 1.29 is 24.4 Å². The Morgan fingerprint density at radius 1 is 1.03 bits per heavy atom. The maximum Gasteiger partial charge on any atom is 0.166 e. The van der Waals surface area contributed by atoms with Crippen LogP contribution < -0.4 is 9.47 Å². The molecule has 2 spiro atoms. The maximum absolute atomic E-state index is 11.3. The maximum atomic E-state index is 11.3. The fourth-order valence-corrected chi connectivity index (χ4v) is 8.44. The molecule has 6 aliphatic rings. The van der Waals surface area contributed by atoms with Gasteiger partial charge in [0.05, 0.1) is 12.5 Å². The Kier molecular flexibility index (Phi) is 3.10. The van der Waals surface area contributed by atoms with E-state index in [1.807, 2.05) is 6.07 Å². The highest BCUT2D eigenvalue weighted by Gasteiger charge is 2.84. The summed E-state index contributed by atoms with van der Waals surface area (Å²) in [5, 5.41) is 22.5. The number of likely N-dealkylation sites (tertiary alicyclic amines) is 1. The number of phenolic OH excluding ortho intramolecular Hbond substituents is 2. The third-order valence-corrected chi connectivity index (χ3v) is 9.55. The van der Waals surface area contributed by atoms with Crippen LogP contribution in [0.5, 0.6) is 23.0 Å². The van der Waals surface area contributed by atoms with E-state index in [-0.39, 0.29) is 17.5 Å². The largest absolute Gasteiger partial charge is 0.508 e. The van der Waals surface area contributed by atoms with Crippen LogP contribution in [0.4, 0.5) is 0 Å². The lowest BCUT2D eigenvalue weighted by Gasteiger charge is -2.72. The van der Waals surface area contributed by atoms with Gasteiger partial charge in [-0.3, -0.25) is 0 Å². The summed E-state index contributed by atoms with van der Waals surface area (Å²) < 4.78 is 19.1. The zero-order valence-electron chi connectivity index (χ0n) is 18.7. The summed E-state index contributed by atoms with van der Waals surface area (Å²) in [7, 11) is 5.50. The van der Waals surface area contributed by atoms with Crippen molar-refractivity contribution in [1.29, 1.82) is 0 Å². The van der Waals surface area contributed by atoms with E-state index in [4.69, 9.17) is 14.2 Å². The van der Waals surface area contributed by atoms with Crippen molar-refractivity contribution in [2.45, 2.75) is 47.8 Å². The molecule has 0 radical (unpaired) electrons. The number of nitrogens with zero attached hydrogens (tertiary/aromatic N) is 1. The second-order valence-corrected chi connectivity index (χ2v) is 10.1. The molecule has 6 nitrogen and oxygen atoms in total. The molecule has 166 valence electrons. The molecule has 0 amide bonds. The van der Waals surface area contributed by atoms with E-state index in [1.165, 1.54) is 11.1 Å². The van der Waals surface area contributed by atoms with Gasteiger partial charge in [-0.15, -0.1) is 0 Å². The van der Waals surface area contributed by atoms with Crippen LogP contribution in [-0.4, -0.2) is 54.6 Å². The van der Waals surface area contributed by atoms with Crippen molar-refractivity contribution in [3.05, 3.63) is 58.7 Å². The molecule has 2 aliphatic heterocycles. The van der Waals surface area contributed by atoms with Gasteiger partial charge in [0, 0.05) is 35.3 Å². The van der Waals surface area contributed by atoms with Gasteiger partial charge in [-0.2, -0.15) is 0 Å². The highest BCUT2D eigenvalue weighted by Crippen LogP contribution is 2.79. The molecule has 4 bridgehead atoms. The first-order chi connectivity index (χ1) is 15.3. The minimum Gasteiger partial charge on any atom is -0.508 e. The second-order valence-electron chi connectivity index (χ2n) is 10.1. The Balaban J connectivity index is 1.74. The molecule has 1 saturated heterocycles. The number of hydrogen-bond donors (Lipinski definition) is 2. The molecule has 3 unspecified atom stereocenters. The molecular formula is C26H27NO5. The van der Waals surface area contributed by atoms with Crippen LogP contribution in [0.1, 0.15) is 35.6 Å². The number of aromatic hydroxyl groups is 2. The van der Waals surface area contributed by atoms with E-state index in [9.17, 15) is 10.2 Å². The normalized spacial score (nSPS) is 39.4. The highest BCUT2D eigenvalue weighted by atomic mass is 16.6. The average Bonchev–Trinajstić information content (AvgIpc) is 3.08. The first kappa shape index (κ1) is 18.8. The summed E-state index contributed by atoms with van der Waals surface area (Å²) >= 11 is 0. The summed E-state index contributed by atoms with van der Waals surface area (Å²) in [5.74, 6) is 1.81. The molecule has 0 aromatic heterocycles. The number of hydrogen-bond acceptors (Lipinski definition) is 6. The van der Waals surface area contributed by atoms with E-state index in [1.54, 1.807) is 26.4 Å². The predicted octanol–water partition coefficient (Wildman–Crippen LogP) is 3.12. The summed E-state index contributed by atoms with van der Waals surface area (Å²) in [5.41, 5.74) is 0.898. The summed E-state index contributed by atoms with van der Waals surface area (Å²) in [6.45, 7) is 3.03. The van der Waals surface area contributed by atoms with Crippen molar-refractivity contribution in [1.82, 2.24) is 4.90 Å². The van der Waals surface area contributed by atoms with E-state index in [0.29, 0.717) is 11.3 Å². The van der Waals surface area contributed by atoms with Crippen LogP contribution in [0.3, 0.4) is 0 Å². The van der Waals surface area contributed by atoms with Crippen LogP contribution >= 0.6 is 0 Å². The van der Waals surface area contributed by atoms with E-state index < -0.39 is 22.0 Å². The molecule has 2 N–H and O–H groups in total. The quantitative estimate of drug-likeness (QED) is 0.560. The molecule has 6 heteroatoms. The Hall–Kier alpha value is -2.70. The van der Waals surface area contributed by atoms with Crippen LogP contribution in [0.25, 0.3) is 0 Å². The topological polar surface area (TPSA) is 71.4 Å². The minimum atomic E-state index is -1.06. The van der Waals surface area contributed by atoms with Gasteiger partial charge in [-0.05, 0) is 63.2 Å². The highest BCUT2D eigenvalue weighted by molar-refractivity contribution is 5.76. The van der Waals surface area contributed by atoms with E-state index in [2.05, 4.69) is 37.1 Å². The van der Waals surface area contributed by atoms with Crippen molar-refractivity contribution >= 4 is 0 Å². The fraction of sp³-hybridized carbons (Fsp3) is 0.462. The lowest BCUT2D eigenvalue weighted by atomic mass is 9.34. The van der Waals surface area contributed by atoms with Crippen LogP contribution in [0.15, 0.2) is 36.4 Å². The van der Waals surface area contributed by atoms with Gasteiger partial charge in [0.15, 0.2) is 22.7 Å². The number of ether oxygens (including phenoxy) is 3. The molecule has 2 aromatic carbocycles. The average molecular weight is 434 g/mol. The number of likely N-dealkylation sites (N-methyl/N-ethyl adjacent to an activating group) is 1. The first-order valence-corrected chi connectivity index (χ1v) is 11.2. The smallest absolute Gasteiger partial charge is 0.166 e. The SMILES string of the molecule is COc1ccc2c3c1O[C@]1(C)C34CCN(C)C(C2)C42C=C[C@@]1(OC)c1c(O)ccc(O)c12. The molecule has 0 saturated carbocycles. The van der Waals surface area contributed by atoms with Crippen molar-refractivity contribution in [2.24, 2.45) is 0 Å². The Bertz CT molecular complexity index is 1260. The van der Waals surface area contributed by atoms with Crippen LogP contribution in [-0.2, 0) is 27.6 Å². The monoisotopic (exact) mass is 433 g/mol. The predicted molar refractivity (Wildman–Crippen MR) is 118 cm³/mol. The van der Waals surface area contributed by atoms with Gasteiger partial charge in [-0.25, -0.2) is 0 Å². The number of methoxy groups -OCH3 is 2. The van der Waals surface area contributed by atoms with Gasteiger partial charge < -0.3 is 29.3 Å². The third kappa shape index (κ3) is 1.47. The summed E-state index contributed by atoms with van der Waals surface area (Å²) in [6.07, 6.45) is 5.99. The minimum absolute atomic E-state index is 0.101. The number of benzene rings is 2. The first-order valence-electron chi connectivity index (χ1n) is 11.2. The molecule has 32 heavy (non-hydrogen) atoms. The Labute approximate surface area is 187 Å². The molecule has 4 aliphatic carbocycles. The van der Waals surface area contributed by atoms with Crippen molar-refractivity contribution in [3.63, 3.8) is 0 Å². The number of phenols is 2. The molecular weight excluding hydrogens is 406 g/mol. The van der Waals surface area contributed by atoms with Crippen molar-refractivity contribution in [2.75, 3.05) is 27.8 Å². The van der Waals surface area contributed by atoms with Gasteiger partial charge in [0.2, 0.25) is 0 Å². The van der Waals surface area contributed by atoms with Gasteiger partial charge in [-0.1, -0.05) is 12.1 Å². The lowest BCUT2D eigenvalue weighted by Crippen LogP contribution is -2.82. The third-order valence-electron chi connectivity index (χ3n) is 9.55. The fourth-order valence-electron chi connectivity index (χ4n) is 8.44. The second kappa shape index (κ2) is 5.26. The van der Waals surface area contributed by atoms with Gasteiger partial charge >= 0.3 is 0 Å². The Morgan fingerprint density at radius 3 is 2.50 bits per heavy atom. The van der Waals surface area contributed by atoms with Gasteiger partial charge in [0.25, 0.3) is 0 Å². The molecule has 8 rings (SSSR count). The number of piperidine rings is 1. The molecule has 5 atom stereocenters. The van der Waals surface area contributed by atoms with E-state index in [0.717, 1.165) is 30.7 Å². The molecule has 2 aromatic rings. The molecule has 2 heterocycles.